The molecule has 1 unspecified atom stereocenters. The number of hydrogen-bond donors (Lipinski definition) is 3. The van der Waals surface area contributed by atoms with E-state index in [0.717, 1.165) is 5.56 Å². The van der Waals surface area contributed by atoms with Crippen LogP contribution in [0.25, 0.3) is 0 Å². The van der Waals surface area contributed by atoms with Crippen molar-refractivity contribution >= 4 is 24.3 Å². The molecule has 0 fully saturated rings. The Balaban J connectivity index is 0.00000441. The summed E-state index contributed by atoms with van der Waals surface area (Å²) in [4.78, 5) is 21.9. The lowest BCUT2D eigenvalue weighted by molar-refractivity contribution is -0.138. The third-order valence-corrected chi connectivity index (χ3v) is 2.62. The fraction of sp³-hybridized carbons (Fsp3) is 0.333. The van der Waals surface area contributed by atoms with E-state index in [4.69, 9.17) is 15.6 Å². The van der Waals surface area contributed by atoms with Crippen LogP contribution in [0.15, 0.2) is 24.3 Å². The fourth-order valence-electron chi connectivity index (χ4n) is 1.55. The number of carboxylic acid groups (broad SMARTS) is 1. The van der Waals surface area contributed by atoms with Crippen LogP contribution in [0.1, 0.15) is 12.5 Å². The van der Waals surface area contributed by atoms with Gasteiger partial charge in [-0.1, -0.05) is 18.1 Å². The predicted octanol–water partition coefficient (Wildman–Crippen LogP) is 0.581. The molecule has 0 spiro atoms. The zero-order valence-corrected chi connectivity index (χ0v) is 13.0. The van der Waals surface area contributed by atoms with Gasteiger partial charge in [-0.15, -0.1) is 18.3 Å². The lowest BCUT2D eigenvalue weighted by Crippen LogP contribution is -2.43. The van der Waals surface area contributed by atoms with E-state index in [-0.39, 0.29) is 12.4 Å². The van der Waals surface area contributed by atoms with E-state index in [0.29, 0.717) is 18.8 Å². The van der Waals surface area contributed by atoms with Gasteiger partial charge < -0.3 is 20.9 Å². The molecule has 1 atom stereocenters. The maximum atomic E-state index is 11.6. The Morgan fingerprint density at radius 1 is 1.36 bits per heavy atom. The number of amides is 1. The van der Waals surface area contributed by atoms with Crippen LogP contribution in [0.3, 0.4) is 0 Å². The Bertz CT molecular complexity index is 549. The number of aliphatic carboxylic acids is 1. The average Bonchev–Trinajstić information content (AvgIpc) is 2.46. The van der Waals surface area contributed by atoms with Crippen LogP contribution in [-0.2, 0) is 16.0 Å². The number of rotatable bonds is 7. The van der Waals surface area contributed by atoms with Crippen LogP contribution in [0, 0.1) is 11.8 Å². The van der Waals surface area contributed by atoms with Crippen molar-refractivity contribution in [1.82, 2.24) is 5.32 Å². The molecule has 1 amide bonds. The first-order chi connectivity index (χ1) is 10.0. The second-order valence-electron chi connectivity index (χ2n) is 4.28. The predicted molar refractivity (Wildman–Crippen MR) is 85.0 cm³/mol. The second kappa shape index (κ2) is 10.5. The minimum absolute atomic E-state index is 0. The minimum atomic E-state index is -1.10. The fourth-order valence-corrected chi connectivity index (χ4v) is 1.55. The molecule has 6 nitrogen and oxygen atoms in total. The number of carboxylic acids is 1. The smallest absolute Gasteiger partial charge is 0.322 e. The molecular formula is C15H19ClN2O4. The van der Waals surface area contributed by atoms with Gasteiger partial charge in [-0.25, -0.2) is 0 Å². The van der Waals surface area contributed by atoms with Crippen LogP contribution < -0.4 is 15.8 Å². The quantitative estimate of drug-likeness (QED) is 0.636. The van der Waals surface area contributed by atoms with Gasteiger partial charge in [0.05, 0.1) is 6.04 Å². The summed E-state index contributed by atoms with van der Waals surface area (Å²) in [6, 6.07) is 6.36. The highest BCUT2D eigenvalue weighted by atomic mass is 35.5. The van der Waals surface area contributed by atoms with Crippen LogP contribution in [0.4, 0.5) is 0 Å². The third-order valence-electron chi connectivity index (χ3n) is 2.62. The molecule has 1 aromatic carbocycles. The summed E-state index contributed by atoms with van der Waals surface area (Å²) in [6.07, 6.45) is 0.320. The summed E-state index contributed by atoms with van der Waals surface area (Å²) >= 11 is 0. The number of nitrogens with two attached hydrogens (primary N) is 1. The molecule has 0 heterocycles. The van der Waals surface area contributed by atoms with Crippen molar-refractivity contribution in [3.8, 4) is 17.6 Å². The number of nitrogens with one attached hydrogen (secondary N) is 1. The summed E-state index contributed by atoms with van der Waals surface area (Å²) < 4.78 is 5.37. The van der Waals surface area contributed by atoms with Crippen molar-refractivity contribution in [1.29, 1.82) is 0 Å². The van der Waals surface area contributed by atoms with Crippen molar-refractivity contribution in [2.24, 2.45) is 5.73 Å². The summed E-state index contributed by atoms with van der Waals surface area (Å²) in [5, 5.41) is 10.7. The van der Waals surface area contributed by atoms with Crippen molar-refractivity contribution < 1.29 is 19.4 Å². The van der Waals surface area contributed by atoms with Crippen LogP contribution in [0.5, 0.6) is 5.75 Å². The molecule has 0 aliphatic heterocycles. The Kier molecular flexibility index (Phi) is 9.43. The monoisotopic (exact) mass is 326 g/mol. The summed E-state index contributed by atoms with van der Waals surface area (Å²) in [5.41, 5.74) is 6.58. The minimum Gasteiger partial charge on any atom is -0.481 e. The van der Waals surface area contributed by atoms with Gasteiger partial charge in [-0.2, -0.15) is 0 Å². The summed E-state index contributed by atoms with van der Waals surface area (Å²) in [6.45, 7) is 1.63. The Labute approximate surface area is 135 Å². The van der Waals surface area contributed by atoms with Crippen molar-refractivity contribution in [2.45, 2.75) is 19.4 Å². The first kappa shape index (κ1) is 19.8. The topological polar surface area (TPSA) is 102 Å². The van der Waals surface area contributed by atoms with E-state index in [1.54, 1.807) is 31.2 Å². The molecule has 0 aliphatic carbocycles. The number of halogens is 1. The van der Waals surface area contributed by atoms with Gasteiger partial charge in [0.25, 0.3) is 0 Å². The van der Waals surface area contributed by atoms with Crippen LogP contribution in [0.2, 0.25) is 0 Å². The van der Waals surface area contributed by atoms with Crippen molar-refractivity contribution in [2.75, 3.05) is 13.2 Å². The molecule has 0 aliphatic rings. The van der Waals surface area contributed by atoms with E-state index in [2.05, 4.69) is 17.2 Å². The van der Waals surface area contributed by atoms with Gasteiger partial charge in [0.15, 0.2) is 0 Å². The second-order valence-corrected chi connectivity index (χ2v) is 4.28. The Morgan fingerprint density at radius 2 is 2.00 bits per heavy atom. The van der Waals surface area contributed by atoms with Crippen molar-refractivity contribution in [3.63, 3.8) is 0 Å². The maximum absolute atomic E-state index is 11.6. The third kappa shape index (κ3) is 7.53. The lowest BCUT2D eigenvalue weighted by atomic mass is 10.1. The van der Waals surface area contributed by atoms with Gasteiger partial charge in [0.1, 0.15) is 18.9 Å². The molecule has 22 heavy (non-hydrogen) atoms. The molecule has 7 heteroatoms. The first-order valence-corrected chi connectivity index (χ1v) is 6.39. The highest BCUT2D eigenvalue weighted by Gasteiger charge is 2.14. The molecule has 1 rings (SSSR count). The maximum Gasteiger partial charge on any atom is 0.322 e. The molecule has 0 aromatic heterocycles. The Hall–Kier alpha value is -2.23. The van der Waals surface area contributed by atoms with E-state index in [9.17, 15) is 9.59 Å². The number of benzene rings is 1. The first-order valence-electron chi connectivity index (χ1n) is 6.39. The lowest BCUT2D eigenvalue weighted by Gasteiger charge is -2.11. The number of hydrogen-bond acceptors (Lipinski definition) is 4. The van der Waals surface area contributed by atoms with Gasteiger partial charge in [-0.05, 0) is 31.0 Å². The van der Waals surface area contributed by atoms with E-state index in [1.165, 1.54) is 0 Å². The van der Waals surface area contributed by atoms with Gasteiger partial charge in [0.2, 0.25) is 5.91 Å². The Morgan fingerprint density at radius 3 is 2.55 bits per heavy atom. The SMILES string of the molecule is CC#CCOc1ccc(CC(N)C(=O)NCC(=O)O)cc1.Cl. The van der Waals surface area contributed by atoms with E-state index in [1.807, 2.05) is 0 Å². The average molecular weight is 327 g/mol. The number of carbonyl (C=O) groups is 2. The molecule has 0 saturated heterocycles. The molecule has 120 valence electrons. The highest BCUT2D eigenvalue weighted by Crippen LogP contribution is 2.13. The van der Waals surface area contributed by atoms with E-state index >= 15 is 0 Å². The zero-order chi connectivity index (χ0) is 15.7. The molecular weight excluding hydrogens is 308 g/mol. The molecule has 1 aromatic rings. The molecule has 0 saturated carbocycles. The van der Waals surface area contributed by atoms with E-state index < -0.39 is 24.5 Å². The molecule has 0 radical (unpaired) electrons. The molecule has 0 bridgehead atoms. The van der Waals surface area contributed by atoms with Gasteiger partial charge >= 0.3 is 5.97 Å². The highest BCUT2D eigenvalue weighted by molar-refractivity contribution is 5.85. The van der Waals surface area contributed by atoms with Crippen molar-refractivity contribution in [3.05, 3.63) is 29.8 Å². The molecule has 4 N–H and O–H groups in total. The van der Waals surface area contributed by atoms with Gasteiger partial charge in [0, 0.05) is 0 Å². The summed E-state index contributed by atoms with van der Waals surface area (Å²) in [5.74, 6) is 4.61. The van der Waals surface area contributed by atoms with Gasteiger partial charge in [-0.3, -0.25) is 9.59 Å². The summed E-state index contributed by atoms with van der Waals surface area (Å²) in [7, 11) is 0. The number of carbonyl (C=O) groups excluding carboxylic acids is 1. The van der Waals surface area contributed by atoms with Crippen LogP contribution in [-0.4, -0.2) is 36.2 Å². The standard InChI is InChI=1S/C15H18N2O4.ClH/c1-2-3-8-21-12-6-4-11(5-7-12)9-13(16)15(20)17-10-14(18)19;/h4-7,13H,8-10,16H2,1H3,(H,17,20)(H,18,19);1H. The largest absolute Gasteiger partial charge is 0.481 e. The normalized spacial score (nSPS) is 10.5. The zero-order valence-electron chi connectivity index (χ0n) is 12.2. The number of ether oxygens (including phenoxy) is 1. The van der Waals surface area contributed by atoms with Crippen LogP contribution >= 0.6 is 12.4 Å².